The van der Waals surface area contributed by atoms with Gasteiger partial charge in [0.2, 0.25) is 0 Å². The predicted molar refractivity (Wildman–Crippen MR) is 43.2 cm³/mol. The second-order valence-corrected chi connectivity index (χ2v) is 2.80. The van der Waals surface area contributed by atoms with Crippen LogP contribution in [0.5, 0.6) is 0 Å². The summed E-state index contributed by atoms with van der Waals surface area (Å²) in [5.74, 6) is -0.184. The van der Waals surface area contributed by atoms with Gasteiger partial charge in [-0.1, -0.05) is 13.0 Å². The van der Waals surface area contributed by atoms with Gasteiger partial charge in [0.15, 0.2) is 0 Å². The van der Waals surface area contributed by atoms with E-state index in [1.807, 2.05) is 13.0 Å². The Hall–Kier alpha value is -0.790. The maximum absolute atomic E-state index is 10.9. The number of rotatable bonds is 3. The molecule has 0 bridgehead atoms. The average molecular weight is 154 g/mol. The minimum Gasteiger partial charge on any atom is -0.459 e. The first-order chi connectivity index (χ1) is 5.33. The van der Waals surface area contributed by atoms with Gasteiger partial charge >= 0.3 is 5.97 Å². The number of ether oxygens (including phenoxy) is 1. The molecule has 0 atom stereocenters. The van der Waals surface area contributed by atoms with Crippen molar-refractivity contribution in [3.8, 4) is 0 Å². The zero-order chi connectivity index (χ0) is 8.10. The molecule has 11 heavy (non-hydrogen) atoms. The lowest BCUT2D eigenvalue weighted by Crippen LogP contribution is -2.23. The summed E-state index contributed by atoms with van der Waals surface area (Å²) in [5, 5.41) is 0. The fourth-order valence-electron chi connectivity index (χ4n) is 0.906. The molecular formula is C9H14O2. The van der Waals surface area contributed by atoms with E-state index in [1.165, 1.54) is 12.5 Å². The summed E-state index contributed by atoms with van der Waals surface area (Å²) < 4.78 is 5.06. The Balaban J connectivity index is 2.14. The van der Waals surface area contributed by atoms with Gasteiger partial charge in [-0.05, 0) is 25.7 Å². The topological polar surface area (TPSA) is 26.3 Å². The molecule has 62 valence electrons. The summed E-state index contributed by atoms with van der Waals surface area (Å²) in [5.41, 5.74) is 0. The number of allylic oxidation sites excluding steroid dienone is 1. The molecule has 0 aliphatic heterocycles. The lowest BCUT2D eigenvalue weighted by atomic mass is 9.96. The van der Waals surface area contributed by atoms with E-state index in [1.54, 1.807) is 0 Å². The quantitative estimate of drug-likeness (QED) is 0.459. The number of hydrogen-bond acceptors (Lipinski definition) is 2. The van der Waals surface area contributed by atoms with E-state index < -0.39 is 0 Å². The third kappa shape index (κ3) is 2.74. The highest BCUT2D eigenvalue weighted by Crippen LogP contribution is 2.21. The number of esters is 1. The third-order valence-corrected chi connectivity index (χ3v) is 1.82. The number of carbonyl (C=O) groups is 1. The molecule has 1 saturated carbocycles. The Labute approximate surface area is 67.2 Å². The van der Waals surface area contributed by atoms with Crippen LogP contribution < -0.4 is 0 Å². The van der Waals surface area contributed by atoms with Crippen LogP contribution in [0.25, 0.3) is 0 Å². The van der Waals surface area contributed by atoms with E-state index in [9.17, 15) is 4.79 Å². The largest absolute Gasteiger partial charge is 0.459 e. The molecule has 0 spiro atoms. The normalized spacial score (nSPS) is 18.3. The van der Waals surface area contributed by atoms with Crippen LogP contribution in [-0.2, 0) is 9.53 Å². The zero-order valence-corrected chi connectivity index (χ0v) is 6.88. The Morgan fingerprint density at radius 1 is 1.64 bits per heavy atom. The first-order valence-electron chi connectivity index (χ1n) is 4.20. The van der Waals surface area contributed by atoms with Crippen molar-refractivity contribution >= 4 is 5.97 Å². The van der Waals surface area contributed by atoms with Crippen molar-refractivity contribution in [3.05, 3.63) is 12.2 Å². The van der Waals surface area contributed by atoms with Gasteiger partial charge in [0.05, 0.1) is 0 Å². The van der Waals surface area contributed by atoms with Crippen LogP contribution in [0.4, 0.5) is 0 Å². The first-order valence-corrected chi connectivity index (χ1v) is 4.20. The lowest BCUT2D eigenvalue weighted by Gasteiger charge is -2.24. The summed E-state index contributed by atoms with van der Waals surface area (Å²) in [6.07, 6.45) is 7.73. The van der Waals surface area contributed by atoms with E-state index in [2.05, 4.69) is 0 Å². The van der Waals surface area contributed by atoms with Crippen LogP contribution in [0, 0.1) is 0 Å². The predicted octanol–water partition coefficient (Wildman–Crippen LogP) is 2.05. The van der Waals surface area contributed by atoms with Crippen LogP contribution in [0.2, 0.25) is 0 Å². The Kier molecular flexibility index (Phi) is 3.14. The molecule has 0 radical (unpaired) electrons. The van der Waals surface area contributed by atoms with Gasteiger partial charge < -0.3 is 4.74 Å². The van der Waals surface area contributed by atoms with Crippen molar-refractivity contribution in [2.24, 2.45) is 0 Å². The highest BCUT2D eigenvalue weighted by atomic mass is 16.5. The van der Waals surface area contributed by atoms with Gasteiger partial charge in [-0.25, -0.2) is 4.79 Å². The van der Waals surface area contributed by atoms with Crippen LogP contribution in [0.15, 0.2) is 12.2 Å². The van der Waals surface area contributed by atoms with Crippen molar-refractivity contribution in [2.45, 2.75) is 38.7 Å². The van der Waals surface area contributed by atoms with Gasteiger partial charge in [-0.2, -0.15) is 0 Å². The molecule has 2 heteroatoms. The summed E-state index contributed by atoms with van der Waals surface area (Å²) in [4.78, 5) is 10.9. The van der Waals surface area contributed by atoms with Gasteiger partial charge in [0.25, 0.3) is 0 Å². The van der Waals surface area contributed by atoms with Crippen molar-refractivity contribution in [1.82, 2.24) is 0 Å². The van der Waals surface area contributed by atoms with Gasteiger partial charge in [0.1, 0.15) is 6.10 Å². The fourth-order valence-corrected chi connectivity index (χ4v) is 0.906. The molecule has 0 saturated heterocycles. The van der Waals surface area contributed by atoms with Crippen molar-refractivity contribution < 1.29 is 9.53 Å². The van der Waals surface area contributed by atoms with E-state index >= 15 is 0 Å². The smallest absolute Gasteiger partial charge is 0.330 e. The summed E-state index contributed by atoms with van der Waals surface area (Å²) in [6.45, 7) is 1.99. The molecule has 0 aromatic carbocycles. The minimum atomic E-state index is -0.184. The number of carbonyl (C=O) groups excluding carboxylic acids is 1. The van der Waals surface area contributed by atoms with Crippen LogP contribution in [0.1, 0.15) is 32.6 Å². The highest BCUT2D eigenvalue weighted by Gasteiger charge is 2.20. The molecule has 1 rings (SSSR count). The van der Waals surface area contributed by atoms with E-state index in [0.717, 1.165) is 19.3 Å². The maximum atomic E-state index is 10.9. The van der Waals surface area contributed by atoms with Crippen LogP contribution >= 0.6 is 0 Å². The second kappa shape index (κ2) is 4.16. The molecule has 1 aliphatic carbocycles. The average Bonchev–Trinajstić information content (AvgIpc) is 1.93. The Bertz CT molecular complexity index is 157. The Morgan fingerprint density at radius 2 is 2.36 bits per heavy atom. The number of hydrogen-bond donors (Lipinski definition) is 0. The SMILES string of the molecule is CC/C=C/C(=O)OC1CCC1. The van der Waals surface area contributed by atoms with Gasteiger partial charge in [-0.15, -0.1) is 0 Å². The summed E-state index contributed by atoms with van der Waals surface area (Å²) in [7, 11) is 0. The van der Waals surface area contributed by atoms with Crippen LogP contribution in [0.3, 0.4) is 0 Å². The third-order valence-electron chi connectivity index (χ3n) is 1.82. The van der Waals surface area contributed by atoms with Gasteiger partial charge in [-0.3, -0.25) is 0 Å². The second-order valence-electron chi connectivity index (χ2n) is 2.80. The van der Waals surface area contributed by atoms with Crippen LogP contribution in [-0.4, -0.2) is 12.1 Å². The molecule has 0 unspecified atom stereocenters. The van der Waals surface area contributed by atoms with Crippen molar-refractivity contribution in [1.29, 1.82) is 0 Å². The molecule has 0 N–H and O–H groups in total. The molecule has 0 amide bonds. The van der Waals surface area contributed by atoms with Gasteiger partial charge in [0, 0.05) is 6.08 Å². The van der Waals surface area contributed by atoms with E-state index in [4.69, 9.17) is 4.74 Å². The molecule has 0 aromatic rings. The van der Waals surface area contributed by atoms with E-state index in [0.29, 0.717) is 0 Å². The monoisotopic (exact) mass is 154 g/mol. The minimum absolute atomic E-state index is 0.184. The van der Waals surface area contributed by atoms with Crippen molar-refractivity contribution in [3.63, 3.8) is 0 Å². The molecule has 1 fully saturated rings. The van der Waals surface area contributed by atoms with E-state index in [-0.39, 0.29) is 12.1 Å². The maximum Gasteiger partial charge on any atom is 0.330 e. The first kappa shape index (κ1) is 8.31. The molecule has 2 nitrogen and oxygen atoms in total. The zero-order valence-electron chi connectivity index (χ0n) is 6.88. The fraction of sp³-hybridized carbons (Fsp3) is 0.667. The Morgan fingerprint density at radius 3 is 2.82 bits per heavy atom. The molecule has 0 aromatic heterocycles. The highest BCUT2D eigenvalue weighted by molar-refractivity contribution is 5.82. The molecule has 1 aliphatic rings. The molecule has 0 heterocycles. The lowest BCUT2D eigenvalue weighted by molar-refractivity contribution is -0.146. The summed E-state index contributed by atoms with van der Waals surface area (Å²) in [6, 6.07) is 0. The standard InChI is InChI=1S/C9H14O2/c1-2-3-7-9(10)11-8-5-4-6-8/h3,7-8H,2,4-6H2,1H3/b7-3+. The summed E-state index contributed by atoms with van der Waals surface area (Å²) >= 11 is 0. The molecular weight excluding hydrogens is 140 g/mol. The van der Waals surface area contributed by atoms with Crippen molar-refractivity contribution in [2.75, 3.05) is 0 Å².